The fourth-order valence-electron chi connectivity index (χ4n) is 5.46. The highest BCUT2D eigenvalue weighted by molar-refractivity contribution is 6.20. The number of amides is 1. The molecule has 0 saturated carbocycles. The molecule has 2 aliphatic heterocycles. The number of aryl methyl sites for hydroxylation is 1. The highest BCUT2D eigenvalue weighted by Gasteiger charge is 2.61. The van der Waals surface area contributed by atoms with Crippen molar-refractivity contribution in [1.29, 1.82) is 5.26 Å². The number of hydrogen-bond acceptors (Lipinski definition) is 7. The van der Waals surface area contributed by atoms with Crippen LogP contribution in [0.25, 0.3) is 0 Å². The van der Waals surface area contributed by atoms with Crippen LogP contribution in [0.2, 0.25) is 0 Å². The molecule has 0 bridgehead atoms. The molecule has 1 aliphatic carbocycles. The number of para-hydroxylation sites is 1. The molecule has 2 aromatic carbocycles. The molecule has 2 heterocycles. The summed E-state index contributed by atoms with van der Waals surface area (Å²) in [4.78, 5) is 41.4. The van der Waals surface area contributed by atoms with Gasteiger partial charge in [-0.05, 0) is 31.4 Å². The van der Waals surface area contributed by atoms with Crippen LogP contribution < -0.4 is 15.5 Å². The highest BCUT2D eigenvalue weighted by Crippen LogP contribution is 2.56. The van der Waals surface area contributed by atoms with Crippen LogP contribution in [0.5, 0.6) is 0 Å². The topological polar surface area (TPSA) is 134 Å². The molecule has 0 aromatic heterocycles. The monoisotopic (exact) mass is 455 g/mol. The Balaban J connectivity index is 1.90. The number of allylic oxidation sites excluding steroid dienone is 1. The number of carbonyl (C=O) groups excluding carboxylic acids is 2. The van der Waals surface area contributed by atoms with Gasteiger partial charge in [0.1, 0.15) is 17.3 Å². The van der Waals surface area contributed by atoms with Crippen molar-refractivity contribution in [1.82, 2.24) is 0 Å². The maximum absolute atomic E-state index is 13.9. The van der Waals surface area contributed by atoms with Crippen molar-refractivity contribution in [3.63, 3.8) is 0 Å². The van der Waals surface area contributed by atoms with Crippen molar-refractivity contribution in [2.45, 2.75) is 31.6 Å². The molecule has 1 amide bonds. The molecule has 0 fully saturated rings. The largest absolute Gasteiger partial charge is 0.384 e. The maximum atomic E-state index is 13.9. The number of benzene rings is 2. The summed E-state index contributed by atoms with van der Waals surface area (Å²) in [6.45, 7) is 1.78. The van der Waals surface area contributed by atoms with E-state index in [1.165, 1.54) is 17.0 Å². The van der Waals surface area contributed by atoms with E-state index in [0.29, 0.717) is 41.0 Å². The van der Waals surface area contributed by atoms with Gasteiger partial charge in [0.15, 0.2) is 5.78 Å². The standard InChI is InChI=1S/C25H21N5O4/c1-14-10-11-15(30(33)34)12-20(14)29-19-8-5-9-21(31)22(19)25(17(13-26)23(29)27)16-6-3-4-7-18(16)28(2)24(25)32/h3-4,6-7,10-12H,5,8-9,27H2,1-2H3. The van der Waals surface area contributed by atoms with Gasteiger partial charge in [0, 0.05) is 48.1 Å². The van der Waals surface area contributed by atoms with Gasteiger partial charge in [0.05, 0.1) is 16.2 Å². The van der Waals surface area contributed by atoms with Gasteiger partial charge in [0.25, 0.3) is 5.69 Å². The van der Waals surface area contributed by atoms with Crippen LogP contribution in [0.3, 0.4) is 0 Å². The van der Waals surface area contributed by atoms with Crippen molar-refractivity contribution >= 4 is 28.8 Å². The number of hydrogen-bond donors (Lipinski definition) is 1. The van der Waals surface area contributed by atoms with E-state index in [1.54, 1.807) is 49.2 Å². The Labute approximate surface area is 195 Å². The molecule has 2 aromatic rings. The Bertz CT molecular complexity index is 1420. The van der Waals surface area contributed by atoms with Gasteiger partial charge >= 0.3 is 0 Å². The van der Waals surface area contributed by atoms with Crippen LogP contribution in [-0.4, -0.2) is 23.7 Å². The number of nitriles is 1. The number of anilines is 2. The van der Waals surface area contributed by atoms with Gasteiger partial charge in [-0.15, -0.1) is 0 Å². The third kappa shape index (κ3) is 2.53. The third-order valence-corrected chi connectivity index (χ3v) is 6.95. The van der Waals surface area contributed by atoms with Crippen LogP contribution in [0.4, 0.5) is 17.1 Å². The van der Waals surface area contributed by atoms with E-state index in [9.17, 15) is 25.0 Å². The number of nitro benzene ring substituents is 1. The second kappa shape index (κ2) is 7.28. The number of carbonyl (C=O) groups is 2. The minimum Gasteiger partial charge on any atom is -0.384 e. The van der Waals surface area contributed by atoms with Crippen molar-refractivity contribution in [2.24, 2.45) is 5.73 Å². The summed E-state index contributed by atoms with van der Waals surface area (Å²) in [5.41, 5.74) is 7.79. The normalized spacial score (nSPS) is 21.7. The summed E-state index contributed by atoms with van der Waals surface area (Å²) in [7, 11) is 1.62. The lowest BCUT2D eigenvalue weighted by Crippen LogP contribution is -2.52. The smallest absolute Gasteiger partial charge is 0.271 e. The van der Waals surface area contributed by atoms with Crippen LogP contribution in [0.1, 0.15) is 30.4 Å². The number of non-ortho nitro benzene ring substituents is 1. The average Bonchev–Trinajstić information content (AvgIpc) is 3.03. The molecule has 1 unspecified atom stereocenters. The molecule has 3 aliphatic rings. The molecule has 9 heteroatoms. The number of rotatable bonds is 2. The summed E-state index contributed by atoms with van der Waals surface area (Å²) >= 11 is 0. The van der Waals surface area contributed by atoms with Crippen molar-refractivity contribution < 1.29 is 14.5 Å². The summed E-state index contributed by atoms with van der Waals surface area (Å²) in [6, 6.07) is 13.6. The van der Waals surface area contributed by atoms with E-state index >= 15 is 0 Å². The van der Waals surface area contributed by atoms with Gasteiger partial charge in [-0.2, -0.15) is 5.26 Å². The zero-order valence-corrected chi connectivity index (χ0v) is 18.7. The molecular weight excluding hydrogens is 434 g/mol. The number of nitrogens with zero attached hydrogens (tertiary/aromatic N) is 4. The zero-order valence-electron chi connectivity index (χ0n) is 18.7. The van der Waals surface area contributed by atoms with Gasteiger partial charge < -0.3 is 10.6 Å². The van der Waals surface area contributed by atoms with E-state index in [1.807, 2.05) is 0 Å². The zero-order chi connectivity index (χ0) is 24.4. The van der Waals surface area contributed by atoms with Crippen molar-refractivity contribution in [3.8, 4) is 6.07 Å². The first-order valence-corrected chi connectivity index (χ1v) is 10.8. The first-order valence-electron chi connectivity index (χ1n) is 10.8. The lowest BCUT2D eigenvalue weighted by molar-refractivity contribution is -0.384. The lowest BCUT2D eigenvalue weighted by Gasteiger charge is -2.44. The number of ketones is 1. The van der Waals surface area contributed by atoms with Crippen LogP contribution in [-0.2, 0) is 15.0 Å². The minimum atomic E-state index is -1.64. The van der Waals surface area contributed by atoms with E-state index in [4.69, 9.17) is 5.73 Å². The van der Waals surface area contributed by atoms with E-state index in [-0.39, 0.29) is 34.9 Å². The van der Waals surface area contributed by atoms with Crippen molar-refractivity contribution in [3.05, 3.63) is 86.4 Å². The lowest BCUT2D eigenvalue weighted by atomic mass is 9.63. The molecule has 5 rings (SSSR count). The molecule has 9 nitrogen and oxygen atoms in total. The Morgan fingerprint density at radius 1 is 1.15 bits per heavy atom. The predicted molar refractivity (Wildman–Crippen MR) is 125 cm³/mol. The number of likely N-dealkylation sites (N-methyl/N-ethyl adjacent to an activating group) is 1. The van der Waals surface area contributed by atoms with Gasteiger partial charge in [-0.25, -0.2) is 0 Å². The number of fused-ring (bicyclic) bond motifs is 3. The second-order valence-corrected chi connectivity index (χ2v) is 8.67. The Kier molecular flexibility index (Phi) is 4.58. The SMILES string of the molecule is Cc1ccc([N+](=O)[O-])cc1N1C(N)=C(C#N)C2(C(=O)N(C)c3ccccc32)C2=C1CCCC2=O. The third-order valence-electron chi connectivity index (χ3n) is 6.95. The molecule has 34 heavy (non-hydrogen) atoms. The highest BCUT2D eigenvalue weighted by atomic mass is 16.6. The fraction of sp³-hybridized carbons (Fsp3) is 0.240. The van der Waals surface area contributed by atoms with E-state index in [2.05, 4.69) is 6.07 Å². The quantitative estimate of drug-likeness (QED) is 0.542. The molecular formula is C25H21N5O4. The molecule has 0 radical (unpaired) electrons. The van der Waals surface area contributed by atoms with Gasteiger partial charge in [-0.1, -0.05) is 24.3 Å². The van der Waals surface area contributed by atoms with E-state index < -0.39 is 16.2 Å². The Morgan fingerprint density at radius 3 is 2.59 bits per heavy atom. The van der Waals surface area contributed by atoms with Crippen molar-refractivity contribution in [2.75, 3.05) is 16.8 Å². The first-order chi connectivity index (χ1) is 16.2. The predicted octanol–water partition coefficient (Wildman–Crippen LogP) is 3.34. The summed E-state index contributed by atoms with van der Waals surface area (Å²) in [5, 5.41) is 21.8. The Hall–Kier alpha value is -4.45. The van der Waals surface area contributed by atoms with Gasteiger partial charge in [0.2, 0.25) is 5.91 Å². The number of Topliss-reactive ketones (excluding diaryl/α,β-unsaturated/α-hetero) is 1. The number of nitro groups is 1. The first kappa shape index (κ1) is 21.4. The summed E-state index contributed by atoms with van der Waals surface area (Å²) < 4.78 is 0. The Morgan fingerprint density at radius 2 is 1.88 bits per heavy atom. The van der Waals surface area contributed by atoms with E-state index in [0.717, 1.165) is 0 Å². The molecule has 170 valence electrons. The summed E-state index contributed by atoms with van der Waals surface area (Å²) in [6.07, 6.45) is 1.21. The van der Waals surface area contributed by atoms with Gasteiger partial charge in [-0.3, -0.25) is 24.6 Å². The molecule has 2 N–H and O–H groups in total. The minimum absolute atomic E-state index is 0.00185. The second-order valence-electron chi connectivity index (χ2n) is 8.67. The van der Waals surface area contributed by atoms with Crippen LogP contribution in [0.15, 0.2) is 65.1 Å². The average molecular weight is 455 g/mol. The fourth-order valence-corrected chi connectivity index (χ4v) is 5.46. The molecule has 0 saturated heterocycles. The summed E-state index contributed by atoms with van der Waals surface area (Å²) in [5.74, 6) is -0.641. The number of nitrogens with two attached hydrogens (primary N) is 1. The molecule has 1 spiro atoms. The molecule has 1 atom stereocenters. The van der Waals surface area contributed by atoms with Crippen LogP contribution in [0, 0.1) is 28.4 Å². The van der Waals surface area contributed by atoms with Crippen LogP contribution >= 0.6 is 0 Å². The maximum Gasteiger partial charge on any atom is 0.271 e.